The second-order valence-electron chi connectivity index (χ2n) is 4.32. The van der Waals surface area contributed by atoms with Crippen LogP contribution in [0.4, 0.5) is 5.82 Å². The number of aliphatic hydroxyl groups excluding tert-OH is 1. The van der Waals surface area contributed by atoms with Crippen molar-refractivity contribution in [1.82, 2.24) is 9.47 Å². The molecular formula is C11H15N3O5. The summed E-state index contributed by atoms with van der Waals surface area (Å²) in [4.78, 5) is 24.0. The average molecular weight is 269 g/mol. The Morgan fingerprint density at radius 2 is 2.37 bits per heavy atom. The van der Waals surface area contributed by atoms with E-state index in [0.717, 1.165) is 0 Å². The Bertz CT molecular complexity index is 499. The van der Waals surface area contributed by atoms with Gasteiger partial charge >= 0.3 is 5.82 Å². The number of aliphatic hydroxyl groups is 1. The van der Waals surface area contributed by atoms with Gasteiger partial charge in [-0.1, -0.05) is 0 Å². The maximum Gasteiger partial charge on any atom is 0.323 e. The Kier molecular flexibility index (Phi) is 3.82. The first-order valence-electron chi connectivity index (χ1n) is 5.86. The number of nitro groups is 1. The number of amides is 1. The van der Waals surface area contributed by atoms with Gasteiger partial charge in [-0.3, -0.25) is 4.79 Å². The van der Waals surface area contributed by atoms with Crippen molar-refractivity contribution in [3.05, 3.63) is 27.9 Å². The molecule has 2 heterocycles. The van der Waals surface area contributed by atoms with Crippen LogP contribution < -0.4 is 0 Å². The first kappa shape index (κ1) is 13.5. The lowest BCUT2D eigenvalue weighted by Gasteiger charge is -2.31. The first-order chi connectivity index (χ1) is 9.04. The van der Waals surface area contributed by atoms with Gasteiger partial charge in [0.1, 0.15) is 0 Å². The van der Waals surface area contributed by atoms with Gasteiger partial charge in [-0.2, -0.15) is 0 Å². The molecule has 0 radical (unpaired) electrons. The van der Waals surface area contributed by atoms with Crippen LogP contribution in [0.5, 0.6) is 0 Å². The predicted molar refractivity (Wildman–Crippen MR) is 64.8 cm³/mol. The van der Waals surface area contributed by atoms with Gasteiger partial charge in [0.2, 0.25) is 0 Å². The van der Waals surface area contributed by atoms with E-state index in [-0.39, 0.29) is 30.6 Å². The summed E-state index contributed by atoms with van der Waals surface area (Å²) in [5.74, 6) is -0.423. The molecule has 1 amide bonds. The van der Waals surface area contributed by atoms with Gasteiger partial charge in [0, 0.05) is 19.2 Å². The lowest BCUT2D eigenvalue weighted by molar-refractivity contribution is -0.391. The summed E-state index contributed by atoms with van der Waals surface area (Å²) in [6.45, 7) is 0.892. The molecule has 1 aliphatic heterocycles. The van der Waals surface area contributed by atoms with Gasteiger partial charge in [0.15, 0.2) is 5.69 Å². The van der Waals surface area contributed by atoms with E-state index in [9.17, 15) is 14.9 Å². The van der Waals surface area contributed by atoms with Crippen LogP contribution in [0, 0.1) is 10.1 Å². The lowest BCUT2D eigenvalue weighted by atomic mass is 10.2. The van der Waals surface area contributed by atoms with E-state index in [1.165, 1.54) is 28.6 Å². The third-order valence-electron chi connectivity index (χ3n) is 3.13. The molecule has 1 atom stereocenters. The fraction of sp³-hybridized carbons (Fsp3) is 0.545. The maximum absolute atomic E-state index is 12.3. The van der Waals surface area contributed by atoms with Gasteiger partial charge in [0.05, 0.1) is 26.4 Å². The molecule has 1 N–H and O–H groups in total. The SMILES string of the molecule is Cn1c(C(=O)N2CCOC(CO)C2)ccc1[N+](=O)[O-]. The van der Waals surface area contributed by atoms with E-state index in [2.05, 4.69) is 0 Å². The summed E-state index contributed by atoms with van der Waals surface area (Å²) in [6, 6.07) is 2.74. The van der Waals surface area contributed by atoms with Crippen LogP contribution in [0.25, 0.3) is 0 Å². The van der Waals surface area contributed by atoms with Crippen molar-refractivity contribution >= 4 is 11.7 Å². The van der Waals surface area contributed by atoms with Crippen LogP contribution in [0.2, 0.25) is 0 Å². The molecule has 2 rings (SSSR count). The number of carbonyl (C=O) groups is 1. The van der Waals surface area contributed by atoms with Crippen LogP contribution in [-0.4, -0.2) is 57.8 Å². The largest absolute Gasteiger partial charge is 0.394 e. The number of aromatic nitrogens is 1. The summed E-state index contributed by atoms with van der Waals surface area (Å²) < 4.78 is 6.51. The molecule has 1 fully saturated rings. The number of ether oxygens (including phenoxy) is 1. The van der Waals surface area contributed by atoms with Gasteiger partial charge in [-0.25, -0.2) is 4.57 Å². The van der Waals surface area contributed by atoms with Crippen LogP contribution in [-0.2, 0) is 11.8 Å². The molecule has 1 aliphatic rings. The van der Waals surface area contributed by atoms with E-state index >= 15 is 0 Å². The zero-order chi connectivity index (χ0) is 14.0. The van der Waals surface area contributed by atoms with E-state index in [1.807, 2.05) is 0 Å². The molecule has 0 spiro atoms. The van der Waals surface area contributed by atoms with Crippen molar-refractivity contribution in [2.24, 2.45) is 7.05 Å². The Morgan fingerprint density at radius 3 is 2.95 bits per heavy atom. The third kappa shape index (κ3) is 2.59. The normalized spacial score (nSPS) is 19.5. The van der Waals surface area contributed by atoms with Gasteiger partial charge in [-0.15, -0.1) is 0 Å². The molecule has 8 nitrogen and oxygen atoms in total. The molecule has 104 valence electrons. The highest BCUT2D eigenvalue weighted by atomic mass is 16.6. The van der Waals surface area contributed by atoms with E-state index in [0.29, 0.717) is 13.2 Å². The minimum absolute atomic E-state index is 0.129. The molecule has 0 saturated carbocycles. The molecule has 0 aromatic carbocycles. The smallest absolute Gasteiger partial charge is 0.323 e. The van der Waals surface area contributed by atoms with Crippen LogP contribution in [0.1, 0.15) is 10.5 Å². The highest BCUT2D eigenvalue weighted by molar-refractivity contribution is 5.93. The minimum atomic E-state index is -0.535. The first-order valence-corrected chi connectivity index (χ1v) is 5.86. The molecule has 19 heavy (non-hydrogen) atoms. The number of hydrogen-bond donors (Lipinski definition) is 1. The van der Waals surface area contributed by atoms with E-state index < -0.39 is 11.0 Å². The van der Waals surface area contributed by atoms with Crippen molar-refractivity contribution in [3.63, 3.8) is 0 Å². The monoisotopic (exact) mass is 269 g/mol. The Morgan fingerprint density at radius 1 is 1.63 bits per heavy atom. The summed E-state index contributed by atoms with van der Waals surface area (Å²) in [5, 5.41) is 19.8. The summed E-state index contributed by atoms with van der Waals surface area (Å²) in [6.07, 6.45) is -0.395. The van der Waals surface area contributed by atoms with Crippen molar-refractivity contribution in [1.29, 1.82) is 0 Å². The molecule has 0 bridgehead atoms. The van der Waals surface area contributed by atoms with Gasteiger partial charge in [-0.05, 0) is 11.0 Å². The minimum Gasteiger partial charge on any atom is -0.394 e. The summed E-state index contributed by atoms with van der Waals surface area (Å²) in [5.41, 5.74) is 0.255. The highest BCUT2D eigenvalue weighted by Crippen LogP contribution is 2.18. The molecule has 1 unspecified atom stereocenters. The quantitative estimate of drug-likeness (QED) is 0.603. The van der Waals surface area contributed by atoms with Gasteiger partial charge < -0.3 is 24.9 Å². The summed E-state index contributed by atoms with van der Waals surface area (Å²) >= 11 is 0. The highest BCUT2D eigenvalue weighted by Gasteiger charge is 2.29. The third-order valence-corrected chi connectivity index (χ3v) is 3.13. The molecule has 1 saturated heterocycles. The summed E-state index contributed by atoms with van der Waals surface area (Å²) in [7, 11) is 1.48. The zero-order valence-electron chi connectivity index (χ0n) is 10.5. The average Bonchev–Trinajstić information content (AvgIpc) is 2.80. The number of hydrogen-bond acceptors (Lipinski definition) is 5. The Hall–Kier alpha value is -1.93. The second-order valence-corrected chi connectivity index (χ2v) is 4.32. The van der Waals surface area contributed by atoms with Crippen molar-refractivity contribution < 1.29 is 19.6 Å². The van der Waals surface area contributed by atoms with Crippen molar-refractivity contribution in [3.8, 4) is 0 Å². The molecular weight excluding hydrogens is 254 g/mol. The lowest BCUT2D eigenvalue weighted by Crippen LogP contribution is -2.47. The van der Waals surface area contributed by atoms with Crippen molar-refractivity contribution in [2.45, 2.75) is 6.10 Å². The molecule has 0 aliphatic carbocycles. The predicted octanol–water partition coefficient (Wildman–Crippen LogP) is -0.233. The molecule has 1 aromatic heterocycles. The number of morpholine rings is 1. The molecule has 1 aromatic rings. The van der Waals surface area contributed by atoms with Gasteiger partial charge in [0.25, 0.3) is 5.91 Å². The van der Waals surface area contributed by atoms with Crippen LogP contribution >= 0.6 is 0 Å². The van der Waals surface area contributed by atoms with E-state index in [1.54, 1.807) is 0 Å². The van der Waals surface area contributed by atoms with E-state index in [4.69, 9.17) is 9.84 Å². The standard InChI is InChI=1S/C11H15N3O5/c1-12-9(2-3-10(12)14(17)18)11(16)13-4-5-19-8(6-13)7-15/h2-3,8,15H,4-7H2,1H3. The number of carbonyl (C=O) groups excluding carboxylic acids is 1. The fourth-order valence-electron chi connectivity index (χ4n) is 2.07. The van der Waals surface area contributed by atoms with Crippen LogP contribution in [0.3, 0.4) is 0 Å². The molecule has 8 heteroatoms. The second kappa shape index (κ2) is 5.37. The topological polar surface area (TPSA) is 97.8 Å². The number of rotatable bonds is 3. The van der Waals surface area contributed by atoms with Crippen molar-refractivity contribution in [2.75, 3.05) is 26.3 Å². The fourth-order valence-corrected chi connectivity index (χ4v) is 2.07. The maximum atomic E-state index is 12.3. The van der Waals surface area contributed by atoms with Crippen LogP contribution in [0.15, 0.2) is 12.1 Å². The zero-order valence-corrected chi connectivity index (χ0v) is 10.5. The Labute approximate surface area is 109 Å². The Balaban J connectivity index is 2.17. The number of nitrogens with zero attached hydrogens (tertiary/aromatic N) is 3.